The smallest absolute Gasteiger partial charge is 0.318 e. The van der Waals surface area contributed by atoms with Crippen molar-refractivity contribution < 1.29 is 18.7 Å². The molecule has 1 aliphatic rings. The lowest BCUT2D eigenvalue weighted by Gasteiger charge is -2.24. The number of halogens is 2. The van der Waals surface area contributed by atoms with Crippen molar-refractivity contribution in [3.63, 3.8) is 0 Å². The van der Waals surface area contributed by atoms with Crippen molar-refractivity contribution in [3.8, 4) is 6.07 Å². The van der Waals surface area contributed by atoms with Gasteiger partial charge in [0.25, 0.3) is 0 Å². The molecule has 7 heteroatoms. The van der Waals surface area contributed by atoms with Gasteiger partial charge in [-0.2, -0.15) is 5.26 Å². The molecule has 0 aromatic heterocycles. The molecule has 0 spiro atoms. The minimum Gasteiger partial charge on any atom is -0.465 e. The number of benzene rings is 1. The first kappa shape index (κ1) is 14.3. The van der Waals surface area contributed by atoms with Crippen molar-refractivity contribution in [2.24, 2.45) is 5.92 Å². The van der Waals surface area contributed by atoms with Gasteiger partial charge in [0.2, 0.25) is 0 Å². The molecule has 1 aromatic carbocycles. The average molecular weight is 297 g/mol. The lowest BCUT2D eigenvalue weighted by Crippen LogP contribution is -2.37. The third-order valence-electron chi connectivity index (χ3n) is 2.97. The van der Waals surface area contributed by atoms with Gasteiger partial charge >= 0.3 is 5.97 Å². The van der Waals surface area contributed by atoms with E-state index in [-0.39, 0.29) is 35.0 Å². The first-order valence-corrected chi connectivity index (χ1v) is 6.25. The number of fused-ring (bicyclic) bond motifs is 1. The van der Waals surface area contributed by atoms with Crippen LogP contribution in [0.2, 0.25) is 5.02 Å². The van der Waals surface area contributed by atoms with Crippen LogP contribution < -0.4 is 5.32 Å². The molecule has 5 nitrogen and oxygen atoms in total. The summed E-state index contributed by atoms with van der Waals surface area (Å²) in [6, 6.07) is 2.68. The van der Waals surface area contributed by atoms with E-state index in [1.54, 1.807) is 13.0 Å². The van der Waals surface area contributed by atoms with Crippen LogP contribution in [-0.4, -0.2) is 24.9 Å². The second-order valence-corrected chi connectivity index (χ2v) is 4.51. The molecular weight excluding hydrogens is 287 g/mol. The summed E-state index contributed by atoms with van der Waals surface area (Å²) < 4.78 is 18.4. The number of carbonyl (C=O) groups is 2. The molecular formula is C13H10ClFN2O3. The maximum Gasteiger partial charge on any atom is 0.318 e. The van der Waals surface area contributed by atoms with E-state index in [9.17, 15) is 14.0 Å². The number of hydrogen-bond acceptors (Lipinski definition) is 5. The second-order valence-electron chi connectivity index (χ2n) is 4.13. The Morgan fingerprint density at radius 1 is 1.70 bits per heavy atom. The average Bonchev–Trinajstić information content (AvgIpc) is 2.42. The molecule has 1 unspecified atom stereocenters. The van der Waals surface area contributed by atoms with E-state index in [1.165, 1.54) is 0 Å². The predicted octanol–water partition coefficient (Wildman–Crippen LogP) is 2.14. The van der Waals surface area contributed by atoms with Gasteiger partial charge < -0.3 is 10.1 Å². The zero-order valence-electron chi connectivity index (χ0n) is 10.5. The molecule has 1 aliphatic heterocycles. The molecule has 0 amide bonds. The standard InChI is InChI=1S/C13H10ClFN2O3/c1-2-20-13(19)8-5-17-11-6(12(8)18)3-9(15)10(14)7(11)4-16/h3,8,17H,2,5H2,1H3. The van der Waals surface area contributed by atoms with Crippen LogP contribution in [0.1, 0.15) is 22.8 Å². The summed E-state index contributed by atoms with van der Waals surface area (Å²) in [6.45, 7) is 1.76. The van der Waals surface area contributed by atoms with Gasteiger partial charge in [-0.05, 0) is 13.0 Å². The van der Waals surface area contributed by atoms with Gasteiger partial charge in [-0.3, -0.25) is 9.59 Å². The zero-order valence-corrected chi connectivity index (χ0v) is 11.3. The van der Waals surface area contributed by atoms with E-state index >= 15 is 0 Å². The fourth-order valence-electron chi connectivity index (χ4n) is 2.03. The van der Waals surface area contributed by atoms with E-state index < -0.39 is 23.5 Å². The zero-order chi connectivity index (χ0) is 14.9. The molecule has 1 heterocycles. The van der Waals surface area contributed by atoms with Crippen LogP contribution in [0.25, 0.3) is 0 Å². The molecule has 0 saturated carbocycles. The van der Waals surface area contributed by atoms with Crippen molar-refractivity contribution in [1.29, 1.82) is 5.26 Å². The van der Waals surface area contributed by atoms with E-state index in [2.05, 4.69) is 5.32 Å². The summed E-state index contributed by atoms with van der Waals surface area (Å²) in [6.07, 6.45) is 0. The third kappa shape index (κ3) is 2.21. The Kier molecular flexibility index (Phi) is 3.91. The lowest BCUT2D eigenvalue weighted by molar-refractivity contribution is -0.145. The van der Waals surface area contributed by atoms with E-state index in [1.807, 2.05) is 0 Å². The van der Waals surface area contributed by atoms with Crippen LogP contribution in [0.4, 0.5) is 10.1 Å². The molecule has 20 heavy (non-hydrogen) atoms. The highest BCUT2D eigenvalue weighted by Crippen LogP contribution is 2.34. The highest BCUT2D eigenvalue weighted by molar-refractivity contribution is 6.33. The summed E-state index contributed by atoms with van der Waals surface area (Å²) in [4.78, 5) is 23.9. The van der Waals surface area contributed by atoms with Crippen LogP contribution in [0.5, 0.6) is 0 Å². The Bertz CT molecular complexity index is 639. The van der Waals surface area contributed by atoms with Crippen molar-refractivity contribution in [3.05, 3.63) is 28.0 Å². The van der Waals surface area contributed by atoms with Crippen LogP contribution >= 0.6 is 11.6 Å². The molecule has 0 saturated heterocycles. The van der Waals surface area contributed by atoms with E-state index in [0.29, 0.717) is 0 Å². The normalized spacial score (nSPS) is 16.9. The van der Waals surface area contributed by atoms with Crippen LogP contribution in [0.15, 0.2) is 6.07 Å². The summed E-state index contributed by atoms with van der Waals surface area (Å²) in [5.41, 5.74) is -0.0467. The van der Waals surface area contributed by atoms with Gasteiger partial charge in [-0.25, -0.2) is 4.39 Å². The van der Waals surface area contributed by atoms with Crippen molar-refractivity contribution in [2.45, 2.75) is 6.92 Å². The number of esters is 1. The SMILES string of the molecule is CCOC(=O)C1CNc2c(cc(F)c(Cl)c2C#N)C1=O. The van der Waals surface area contributed by atoms with Crippen molar-refractivity contribution >= 4 is 29.0 Å². The number of ether oxygens (including phenoxy) is 1. The highest BCUT2D eigenvalue weighted by Gasteiger charge is 2.36. The Morgan fingerprint density at radius 2 is 2.40 bits per heavy atom. The van der Waals surface area contributed by atoms with Crippen molar-refractivity contribution in [2.75, 3.05) is 18.5 Å². The predicted molar refractivity (Wildman–Crippen MR) is 69.1 cm³/mol. The number of nitriles is 1. The van der Waals surface area contributed by atoms with E-state index in [0.717, 1.165) is 6.07 Å². The first-order valence-electron chi connectivity index (χ1n) is 5.88. The van der Waals surface area contributed by atoms with Crippen molar-refractivity contribution in [1.82, 2.24) is 0 Å². The number of nitrogens with one attached hydrogen (secondary N) is 1. The number of rotatable bonds is 2. The molecule has 104 valence electrons. The Labute approximate surface area is 119 Å². The molecule has 0 fully saturated rings. The fourth-order valence-corrected chi connectivity index (χ4v) is 2.22. The van der Waals surface area contributed by atoms with Gasteiger partial charge in [0.1, 0.15) is 17.8 Å². The molecule has 2 rings (SSSR count). The van der Waals surface area contributed by atoms with Gasteiger partial charge in [-0.15, -0.1) is 0 Å². The number of nitrogens with zero attached hydrogens (tertiary/aromatic N) is 1. The number of Topliss-reactive ketones (excluding diaryl/α,β-unsaturated/α-hetero) is 1. The summed E-state index contributed by atoms with van der Waals surface area (Å²) in [7, 11) is 0. The molecule has 1 aromatic rings. The largest absolute Gasteiger partial charge is 0.465 e. The van der Waals surface area contributed by atoms with Gasteiger partial charge in [0.15, 0.2) is 5.78 Å². The Hall–Kier alpha value is -2.13. The number of hydrogen-bond donors (Lipinski definition) is 1. The summed E-state index contributed by atoms with van der Waals surface area (Å²) in [5.74, 6) is -3.18. The summed E-state index contributed by atoms with van der Waals surface area (Å²) in [5, 5.41) is 11.4. The maximum absolute atomic E-state index is 13.6. The monoisotopic (exact) mass is 296 g/mol. The van der Waals surface area contributed by atoms with E-state index in [4.69, 9.17) is 21.6 Å². The van der Waals surface area contributed by atoms with Gasteiger partial charge in [-0.1, -0.05) is 11.6 Å². The number of ketones is 1. The fraction of sp³-hybridized carbons (Fsp3) is 0.308. The third-order valence-corrected chi connectivity index (χ3v) is 3.34. The Morgan fingerprint density at radius 3 is 3.00 bits per heavy atom. The molecule has 1 N–H and O–H groups in total. The minimum absolute atomic E-state index is 0.0126. The van der Waals surface area contributed by atoms with Crippen LogP contribution in [-0.2, 0) is 9.53 Å². The van der Waals surface area contributed by atoms with Crippen LogP contribution in [0, 0.1) is 23.1 Å². The molecule has 0 aliphatic carbocycles. The number of anilines is 1. The van der Waals surface area contributed by atoms with Gasteiger partial charge in [0, 0.05) is 12.1 Å². The number of carbonyl (C=O) groups excluding carboxylic acids is 2. The quantitative estimate of drug-likeness (QED) is 0.668. The maximum atomic E-state index is 13.6. The molecule has 1 atom stereocenters. The summed E-state index contributed by atoms with van der Waals surface area (Å²) >= 11 is 5.69. The van der Waals surface area contributed by atoms with Gasteiger partial charge in [0.05, 0.1) is 22.9 Å². The van der Waals surface area contributed by atoms with Crippen LogP contribution in [0.3, 0.4) is 0 Å². The molecule has 0 bridgehead atoms. The first-order chi connectivity index (χ1) is 9.51. The lowest BCUT2D eigenvalue weighted by atomic mass is 9.90. The Balaban J connectivity index is 2.49. The second kappa shape index (κ2) is 5.47. The minimum atomic E-state index is -1.05. The highest BCUT2D eigenvalue weighted by atomic mass is 35.5. The topological polar surface area (TPSA) is 79.2 Å². The molecule has 0 radical (unpaired) electrons.